The summed E-state index contributed by atoms with van der Waals surface area (Å²) in [5.41, 5.74) is 3.67. The van der Waals surface area contributed by atoms with Crippen LogP contribution in [-0.4, -0.2) is 97.5 Å². The van der Waals surface area contributed by atoms with Crippen molar-refractivity contribution in [1.29, 1.82) is 0 Å². The van der Waals surface area contributed by atoms with E-state index in [0.717, 1.165) is 63.4 Å². The van der Waals surface area contributed by atoms with E-state index in [1.165, 1.54) is 27.8 Å². The van der Waals surface area contributed by atoms with Crippen molar-refractivity contribution in [2.75, 3.05) is 13.1 Å². The number of carboxylic acid groups (broad SMARTS) is 1. The van der Waals surface area contributed by atoms with E-state index in [1.54, 1.807) is 0 Å². The number of amides is 6. The van der Waals surface area contributed by atoms with Crippen LogP contribution in [0.5, 0.6) is 0 Å². The number of hydrogen-bond acceptors (Lipinski definition) is 9. The maximum absolute atomic E-state index is 12.9. The molecule has 3 aromatic carbocycles. The lowest BCUT2D eigenvalue weighted by Crippen LogP contribution is -2.76. The Labute approximate surface area is 355 Å². The molecule has 8 aliphatic rings. The van der Waals surface area contributed by atoms with Gasteiger partial charge in [0.05, 0.1) is 11.2 Å². The highest BCUT2D eigenvalue weighted by molar-refractivity contribution is 6.08. The third-order valence-corrected chi connectivity index (χ3v) is 15.7. The molecule has 4 bridgehead atoms. The molecule has 3 aromatic rings. The zero-order valence-corrected chi connectivity index (χ0v) is 35.0. The van der Waals surface area contributed by atoms with Gasteiger partial charge in [-0.25, -0.2) is 9.59 Å². The van der Waals surface area contributed by atoms with Gasteiger partial charge in [0.1, 0.15) is 11.1 Å². The number of aliphatic hydroxyl groups is 2. The lowest BCUT2D eigenvalue weighted by molar-refractivity contribution is -0.181. The van der Waals surface area contributed by atoms with Gasteiger partial charge in [0, 0.05) is 36.4 Å². The van der Waals surface area contributed by atoms with Gasteiger partial charge in [-0.1, -0.05) is 77.9 Å². The lowest BCUT2D eigenvalue weighted by atomic mass is 9.46. The minimum absolute atomic E-state index is 0.00558. The molecule has 0 unspecified atom stereocenters. The molecule has 2 saturated carbocycles. The van der Waals surface area contributed by atoms with Crippen LogP contribution in [-0.2, 0) is 44.6 Å². The van der Waals surface area contributed by atoms with Gasteiger partial charge >= 0.3 is 12.1 Å². The molecular formula is C47H56N6O8. The van der Waals surface area contributed by atoms with Crippen molar-refractivity contribution in [3.63, 3.8) is 0 Å². The van der Waals surface area contributed by atoms with E-state index in [9.17, 15) is 29.4 Å². The number of fused-ring (bicyclic) bond motifs is 2. The minimum atomic E-state index is -0.945. The van der Waals surface area contributed by atoms with E-state index in [2.05, 4.69) is 106 Å². The van der Waals surface area contributed by atoms with Gasteiger partial charge in [0.15, 0.2) is 0 Å². The van der Waals surface area contributed by atoms with Gasteiger partial charge in [-0.15, -0.1) is 0 Å². The molecule has 0 radical (unpaired) electrons. The quantitative estimate of drug-likeness (QED) is 0.177. The maximum atomic E-state index is 12.9. The van der Waals surface area contributed by atoms with Crippen LogP contribution in [0.4, 0.5) is 9.59 Å². The third kappa shape index (κ3) is 6.31. The van der Waals surface area contributed by atoms with Gasteiger partial charge in [-0.3, -0.25) is 29.9 Å². The zero-order chi connectivity index (χ0) is 43.2. The Morgan fingerprint density at radius 1 is 0.705 bits per heavy atom. The van der Waals surface area contributed by atoms with Crippen LogP contribution in [0.2, 0.25) is 0 Å². The molecule has 11 rings (SSSR count). The number of carbonyl (C=O) groups excluding carboxylic acids is 4. The number of aryl methyl sites for hydroxylation is 2. The number of nitrogens with one attached hydrogen (secondary N) is 5. The third-order valence-electron chi connectivity index (χ3n) is 15.7. The van der Waals surface area contributed by atoms with Gasteiger partial charge in [-0.05, 0) is 119 Å². The highest BCUT2D eigenvalue weighted by Crippen LogP contribution is 2.61. The van der Waals surface area contributed by atoms with E-state index in [-0.39, 0.29) is 23.9 Å². The highest BCUT2D eigenvalue weighted by atomic mass is 16.4. The van der Waals surface area contributed by atoms with Crippen molar-refractivity contribution in [2.24, 2.45) is 0 Å². The van der Waals surface area contributed by atoms with Crippen LogP contribution < -0.4 is 26.6 Å². The predicted octanol–water partition coefficient (Wildman–Crippen LogP) is 3.29. The topological polar surface area (TPSA) is 209 Å². The molecule has 0 aromatic heterocycles. The summed E-state index contributed by atoms with van der Waals surface area (Å²) in [7, 11) is 0. The van der Waals surface area contributed by atoms with Gasteiger partial charge < -0.3 is 31.3 Å². The summed E-state index contributed by atoms with van der Waals surface area (Å²) < 4.78 is 0. The Morgan fingerprint density at radius 3 is 1.77 bits per heavy atom. The average molecular weight is 833 g/mol. The molecule has 2 spiro atoms. The van der Waals surface area contributed by atoms with Crippen LogP contribution in [0.3, 0.4) is 0 Å². The van der Waals surface area contributed by atoms with Crippen LogP contribution in [0.15, 0.2) is 66.7 Å². The number of hydrogen-bond donors (Lipinski definition) is 8. The maximum Gasteiger partial charge on any atom is 0.322 e. The van der Waals surface area contributed by atoms with Crippen molar-refractivity contribution in [3.05, 3.63) is 106 Å². The van der Waals surface area contributed by atoms with E-state index >= 15 is 0 Å². The van der Waals surface area contributed by atoms with E-state index in [4.69, 9.17) is 9.90 Å². The molecule has 8 N–H and O–H groups in total. The van der Waals surface area contributed by atoms with E-state index in [1.807, 2.05) is 6.07 Å². The monoisotopic (exact) mass is 832 g/mol. The molecule has 14 nitrogen and oxygen atoms in total. The Hall–Kier alpha value is -5.15. The number of rotatable bonds is 2. The Morgan fingerprint density at radius 2 is 1.23 bits per heavy atom. The number of carboxylic acids is 1. The summed E-state index contributed by atoms with van der Waals surface area (Å²) in [6.07, 6.45) is 5.96. The summed E-state index contributed by atoms with van der Waals surface area (Å²) in [6.45, 7) is 7.68. The first-order valence-electron chi connectivity index (χ1n) is 21.6. The van der Waals surface area contributed by atoms with Crippen LogP contribution in [0.25, 0.3) is 0 Å². The van der Waals surface area contributed by atoms with Crippen molar-refractivity contribution >= 4 is 29.8 Å². The normalized spacial score (nSPS) is 36.3. The van der Waals surface area contributed by atoms with Crippen molar-refractivity contribution in [2.45, 2.75) is 137 Å². The molecular weight excluding hydrogens is 777 g/mol. The molecule has 14 heteroatoms. The molecule has 6 fully saturated rings. The fourth-order valence-corrected chi connectivity index (χ4v) is 13.0. The Balaban J connectivity index is 0.000000147. The number of likely N-dealkylation sites (tertiary alicyclic amines) is 1. The largest absolute Gasteiger partial charge is 0.481 e. The molecule has 4 aliphatic heterocycles. The molecule has 322 valence electrons. The number of nitrogens with zero attached hydrogens (tertiary/aromatic N) is 1. The average Bonchev–Trinajstić information content (AvgIpc) is 3.64. The zero-order valence-electron chi connectivity index (χ0n) is 35.0. The number of piperidine rings is 2. The van der Waals surface area contributed by atoms with Crippen molar-refractivity contribution < 1.29 is 39.3 Å². The number of urea groups is 2. The predicted molar refractivity (Wildman–Crippen MR) is 225 cm³/mol. The van der Waals surface area contributed by atoms with Crippen LogP contribution in [0.1, 0.15) is 97.2 Å². The first-order valence-corrected chi connectivity index (χ1v) is 21.6. The molecule has 4 aliphatic carbocycles. The Kier molecular flexibility index (Phi) is 9.78. The number of carbonyl (C=O) groups is 5. The Bertz CT molecular complexity index is 2340. The number of benzene rings is 3. The molecule has 6 amide bonds. The van der Waals surface area contributed by atoms with Crippen molar-refractivity contribution in [3.8, 4) is 0 Å². The first-order chi connectivity index (χ1) is 29.0. The second-order valence-electron chi connectivity index (χ2n) is 19.1. The number of imide groups is 2. The standard InChI is InChI=1S/C26H29N3O3.C19H23N3O3.C2H4O2/c1-17-7-8-19-14-21-26(32)10-9-25(22(30)27-23(31)28-25)16-24(26,20(19)13-17)11-12-29(21)15-18-5-3-2-4-6-18;1-11-2-3-12-9-14-19(25)5-4-18(15(23)21-16(24)22-18)10-17(19,6-7-20-14)13(12)8-11;1-2(3)4/h2-8,13,21,32H,9-12,14-16H2,1H3,(H2,27,28,30,31);2-3,8,14,20,25H,4-7,9-10H2,1H3,(H2,21,22,23,24);1H3,(H,3,4)/t21-,24-,25+,26-;14-,17-,18+,19-;/m11./s1. The summed E-state index contributed by atoms with van der Waals surface area (Å²) in [5.74, 6) is -1.33. The van der Waals surface area contributed by atoms with E-state index in [0.29, 0.717) is 38.5 Å². The fraction of sp³-hybridized carbons (Fsp3) is 0.511. The molecule has 4 heterocycles. The molecule has 61 heavy (non-hydrogen) atoms. The van der Waals surface area contributed by atoms with Crippen molar-refractivity contribution in [1.82, 2.24) is 31.5 Å². The van der Waals surface area contributed by atoms with Crippen LogP contribution in [0, 0.1) is 13.8 Å². The molecule has 8 atom stereocenters. The van der Waals surface area contributed by atoms with Gasteiger partial charge in [-0.2, -0.15) is 0 Å². The second kappa shape index (κ2) is 14.5. The van der Waals surface area contributed by atoms with Crippen LogP contribution >= 0.6 is 0 Å². The summed E-state index contributed by atoms with van der Waals surface area (Å²) in [5, 5.41) is 45.8. The minimum Gasteiger partial charge on any atom is -0.481 e. The van der Waals surface area contributed by atoms with E-state index < -0.39 is 51.1 Å². The smallest absolute Gasteiger partial charge is 0.322 e. The molecule has 4 saturated heterocycles. The second-order valence-corrected chi connectivity index (χ2v) is 19.1. The van der Waals surface area contributed by atoms with Gasteiger partial charge in [0.25, 0.3) is 17.8 Å². The lowest BCUT2D eigenvalue weighted by Gasteiger charge is -2.65. The SMILES string of the molecule is CC(=O)O.Cc1ccc2c(c1)[C@]13CCN(Cc4ccccc4)[C@H](C2)[C@]1(O)CC[C@@]1(C3)NC(=O)NC1=O.Cc1ccc2c(c1)[C@]13CCN[C@H](C2)[C@]1(O)CC[C@@]1(C3)NC(=O)NC1=O. The highest BCUT2D eigenvalue weighted by Gasteiger charge is 2.70. The number of aliphatic carboxylic acids is 1. The van der Waals surface area contributed by atoms with Gasteiger partial charge in [0.2, 0.25) is 0 Å². The summed E-state index contributed by atoms with van der Waals surface area (Å²) >= 11 is 0. The summed E-state index contributed by atoms with van der Waals surface area (Å²) in [6, 6.07) is 22.5. The first kappa shape index (κ1) is 41.2. The fourth-order valence-electron chi connectivity index (χ4n) is 13.0. The summed E-state index contributed by atoms with van der Waals surface area (Å²) in [4.78, 5) is 60.8.